The highest BCUT2D eigenvalue weighted by atomic mass is 19.4. The van der Waals surface area contributed by atoms with Gasteiger partial charge in [0.05, 0.1) is 23.2 Å². The summed E-state index contributed by atoms with van der Waals surface area (Å²) in [7, 11) is 0. The van der Waals surface area contributed by atoms with E-state index in [1.807, 2.05) is 0 Å². The van der Waals surface area contributed by atoms with E-state index < -0.39 is 47.2 Å². The van der Waals surface area contributed by atoms with E-state index in [1.54, 1.807) is 0 Å². The highest BCUT2D eigenvalue weighted by Gasteiger charge is 2.49. The molecule has 0 saturated carbocycles. The maximum atomic E-state index is 13.0. The summed E-state index contributed by atoms with van der Waals surface area (Å²) in [5.41, 5.74) is -2.52. The Morgan fingerprint density at radius 2 is 1.88 bits per heavy atom. The summed E-state index contributed by atoms with van der Waals surface area (Å²) in [4.78, 5) is 12.3. The maximum Gasteiger partial charge on any atom is 0.417 e. The van der Waals surface area contributed by atoms with Crippen LogP contribution in [0.15, 0.2) is 18.2 Å². The first-order chi connectivity index (χ1) is 11.0. The van der Waals surface area contributed by atoms with Crippen LogP contribution in [0.4, 0.5) is 32.0 Å². The number of carbonyl (C=O) groups excluding carboxylic acids is 1. The van der Waals surface area contributed by atoms with Gasteiger partial charge >= 0.3 is 12.4 Å². The third kappa shape index (κ3) is 3.31. The topological polar surface area (TPSA) is 64.3 Å². The molecule has 0 spiro atoms. The summed E-state index contributed by atoms with van der Waals surface area (Å²) >= 11 is 0. The van der Waals surface area contributed by atoms with Crippen LogP contribution in [0.5, 0.6) is 0 Å². The van der Waals surface area contributed by atoms with Gasteiger partial charge in [-0.1, -0.05) is 0 Å². The van der Waals surface area contributed by atoms with E-state index in [0.29, 0.717) is 11.0 Å². The van der Waals surface area contributed by atoms with E-state index in [2.05, 4.69) is 0 Å². The molecule has 1 aliphatic heterocycles. The summed E-state index contributed by atoms with van der Waals surface area (Å²) in [6.45, 7) is 0. The van der Waals surface area contributed by atoms with Gasteiger partial charge in [0.1, 0.15) is 0 Å². The molecule has 0 bridgehead atoms. The lowest BCUT2D eigenvalue weighted by Gasteiger charge is -2.30. The number of alkyl halides is 6. The molecular weight excluding hydrogens is 342 g/mol. The van der Waals surface area contributed by atoms with Gasteiger partial charge in [-0.25, -0.2) is 0 Å². The molecular formula is C14H10F6N2O2. The number of rotatable bonds is 2. The molecule has 1 saturated heterocycles. The predicted octanol–water partition coefficient (Wildman–Crippen LogP) is 3.00. The van der Waals surface area contributed by atoms with Crippen molar-refractivity contribution in [2.24, 2.45) is 0 Å². The van der Waals surface area contributed by atoms with Crippen molar-refractivity contribution >= 4 is 11.6 Å². The van der Waals surface area contributed by atoms with E-state index in [9.17, 15) is 36.2 Å². The number of carbonyl (C=O) groups is 1. The molecule has 0 radical (unpaired) electrons. The zero-order valence-corrected chi connectivity index (χ0v) is 11.8. The molecule has 2 atom stereocenters. The van der Waals surface area contributed by atoms with Gasteiger partial charge in [-0.05, 0) is 24.6 Å². The van der Waals surface area contributed by atoms with Gasteiger partial charge in [0.15, 0.2) is 6.10 Å². The van der Waals surface area contributed by atoms with Crippen molar-refractivity contribution < 1.29 is 36.2 Å². The predicted molar refractivity (Wildman–Crippen MR) is 68.7 cm³/mol. The number of nitrogens with zero attached hydrogens (tertiary/aromatic N) is 2. The number of nitriles is 1. The van der Waals surface area contributed by atoms with Crippen LogP contribution in [0.3, 0.4) is 0 Å². The van der Waals surface area contributed by atoms with Crippen molar-refractivity contribution in [3.63, 3.8) is 0 Å². The molecule has 4 nitrogen and oxygen atoms in total. The molecule has 2 rings (SSSR count). The molecule has 1 aromatic rings. The summed E-state index contributed by atoms with van der Waals surface area (Å²) in [6.07, 6.45) is -13.5. The summed E-state index contributed by atoms with van der Waals surface area (Å²) in [5, 5.41) is 18.1. The number of anilines is 1. The molecule has 0 aliphatic carbocycles. The van der Waals surface area contributed by atoms with Gasteiger partial charge < -0.3 is 10.0 Å². The third-order valence-corrected chi connectivity index (χ3v) is 3.66. The van der Waals surface area contributed by atoms with Gasteiger partial charge in [-0.3, -0.25) is 4.79 Å². The highest BCUT2D eigenvalue weighted by Crippen LogP contribution is 2.38. The lowest BCUT2D eigenvalue weighted by Crippen LogP contribution is -2.48. The van der Waals surface area contributed by atoms with Crippen LogP contribution >= 0.6 is 0 Å². The standard InChI is InChI=1S/C14H10F6N2O2/c15-13(16,17)9-5-8(2-1-7(9)6-21)22-10(3-4-11(22)23)12(24)14(18,19)20/h1-2,5,10,12,24H,3-4H2. The Kier molecular flexibility index (Phi) is 4.50. The molecule has 1 aliphatic rings. The van der Waals surface area contributed by atoms with Crippen LogP contribution in [0, 0.1) is 11.3 Å². The van der Waals surface area contributed by atoms with E-state index >= 15 is 0 Å². The summed E-state index contributed by atoms with van der Waals surface area (Å²) in [6, 6.07) is 1.79. The van der Waals surface area contributed by atoms with Crippen LogP contribution in [-0.2, 0) is 11.0 Å². The maximum absolute atomic E-state index is 13.0. The number of benzene rings is 1. The van der Waals surface area contributed by atoms with Crippen molar-refractivity contribution in [2.75, 3.05) is 4.90 Å². The van der Waals surface area contributed by atoms with Gasteiger partial charge in [0.25, 0.3) is 0 Å². The number of hydrogen-bond donors (Lipinski definition) is 1. The number of hydrogen-bond acceptors (Lipinski definition) is 3. The molecule has 1 fully saturated rings. The fourth-order valence-corrected chi connectivity index (χ4v) is 2.57. The van der Waals surface area contributed by atoms with Crippen LogP contribution in [0.25, 0.3) is 0 Å². The Hall–Kier alpha value is -2.28. The van der Waals surface area contributed by atoms with Gasteiger partial charge in [-0.2, -0.15) is 31.6 Å². The second kappa shape index (κ2) is 5.98. The van der Waals surface area contributed by atoms with Crippen molar-refractivity contribution in [1.29, 1.82) is 5.26 Å². The Morgan fingerprint density at radius 1 is 1.25 bits per heavy atom. The second-order valence-corrected chi connectivity index (χ2v) is 5.20. The molecule has 1 N–H and O–H groups in total. The van der Waals surface area contributed by atoms with E-state index in [-0.39, 0.29) is 12.8 Å². The first-order valence-corrected chi connectivity index (χ1v) is 6.65. The minimum absolute atomic E-state index is 0.334. The number of aliphatic hydroxyl groups is 1. The fourth-order valence-electron chi connectivity index (χ4n) is 2.57. The molecule has 24 heavy (non-hydrogen) atoms. The lowest BCUT2D eigenvalue weighted by molar-refractivity contribution is -0.209. The quantitative estimate of drug-likeness (QED) is 0.833. The zero-order chi connectivity index (χ0) is 18.3. The zero-order valence-electron chi connectivity index (χ0n) is 11.8. The number of aliphatic hydroxyl groups excluding tert-OH is 1. The Labute approximate surface area is 131 Å². The largest absolute Gasteiger partial charge is 0.417 e. The van der Waals surface area contributed by atoms with Gasteiger partial charge in [0, 0.05) is 12.1 Å². The van der Waals surface area contributed by atoms with Crippen molar-refractivity contribution in [3.8, 4) is 6.07 Å². The van der Waals surface area contributed by atoms with Crippen LogP contribution in [0.2, 0.25) is 0 Å². The van der Waals surface area contributed by atoms with Crippen molar-refractivity contribution in [3.05, 3.63) is 29.3 Å². The smallest absolute Gasteiger partial charge is 0.382 e. The lowest BCUT2D eigenvalue weighted by atomic mass is 10.0. The molecule has 1 heterocycles. The second-order valence-electron chi connectivity index (χ2n) is 5.20. The normalized spacial score (nSPS) is 20.2. The summed E-state index contributed by atoms with van der Waals surface area (Å²) < 4.78 is 77.0. The SMILES string of the molecule is N#Cc1ccc(N2C(=O)CCC2C(O)C(F)(F)F)cc1C(F)(F)F. The van der Waals surface area contributed by atoms with E-state index in [0.717, 1.165) is 12.1 Å². The number of amides is 1. The Balaban J connectivity index is 2.49. The van der Waals surface area contributed by atoms with E-state index in [4.69, 9.17) is 5.26 Å². The first kappa shape index (κ1) is 18.1. The minimum Gasteiger partial charge on any atom is -0.382 e. The average Bonchev–Trinajstić information content (AvgIpc) is 2.85. The molecule has 10 heteroatoms. The van der Waals surface area contributed by atoms with Crippen molar-refractivity contribution in [2.45, 2.75) is 37.3 Å². The molecule has 2 unspecified atom stereocenters. The van der Waals surface area contributed by atoms with Crippen LogP contribution < -0.4 is 4.90 Å². The van der Waals surface area contributed by atoms with Crippen molar-refractivity contribution in [1.82, 2.24) is 0 Å². The Morgan fingerprint density at radius 3 is 2.38 bits per heavy atom. The monoisotopic (exact) mass is 352 g/mol. The van der Waals surface area contributed by atoms with Gasteiger partial charge in [-0.15, -0.1) is 0 Å². The molecule has 1 amide bonds. The number of halogens is 6. The summed E-state index contributed by atoms with van der Waals surface area (Å²) in [5.74, 6) is -0.832. The van der Waals surface area contributed by atoms with E-state index in [1.165, 1.54) is 6.07 Å². The first-order valence-electron chi connectivity index (χ1n) is 6.65. The third-order valence-electron chi connectivity index (χ3n) is 3.66. The van der Waals surface area contributed by atoms with Crippen LogP contribution in [0.1, 0.15) is 24.0 Å². The average molecular weight is 352 g/mol. The molecule has 0 aromatic heterocycles. The fraction of sp³-hybridized carbons (Fsp3) is 0.429. The molecule has 1 aromatic carbocycles. The highest BCUT2D eigenvalue weighted by molar-refractivity contribution is 5.96. The minimum atomic E-state index is -5.02. The van der Waals surface area contributed by atoms with Gasteiger partial charge in [0.2, 0.25) is 5.91 Å². The Bertz CT molecular complexity index is 692. The molecule has 130 valence electrons. The van der Waals surface area contributed by atoms with Crippen LogP contribution in [-0.4, -0.2) is 29.3 Å².